The van der Waals surface area contributed by atoms with E-state index in [9.17, 15) is 22.8 Å². The zero-order valence-electron chi connectivity index (χ0n) is 14.8. The Morgan fingerprint density at radius 2 is 1.84 bits per heavy atom. The fourth-order valence-electron chi connectivity index (χ4n) is 2.08. The average molecular weight is 376 g/mol. The molecule has 0 radical (unpaired) electrons. The Morgan fingerprint density at radius 1 is 1.20 bits per heavy atom. The molecule has 1 unspecified atom stereocenters. The number of hydrogen-bond acceptors (Lipinski definition) is 7. The van der Waals surface area contributed by atoms with Gasteiger partial charge >= 0.3 is 11.9 Å². The molecule has 0 aromatic heterocycles. The van der Waals surface area contributed by atoms with Crippen LogP contribution in [0.4, 0.5) is 0 Å². The maximum Gasteiger partial charge on any atom is 0.325 e. The van der Waals surface area contributed by atoms with E-state index < -0.39 is 51.8 Å². The van der Waals surface area contributed by atoms with E-state index in [1.165, 1.54) is 0 Å². The van der Waals surface area contributed by atoms with Crippen LogP contribution in [-0.2, 0) is 33.9 Å². The summed E-state index contributed by atoms with van der Waals surface area (Å²) in [4.78, 5) is 35.2. The molecular formula is C15H24N2O7S. The van der Waals surface area contributed by atoms with Crippen LogP contribution in [0.2, 0.25) is 0 Å². The van der Waals surface area contributed by atoms with Gasteiger partial charge in [-0.3, -0.25) is 14.4 Å². The minimum Gasteiger partial charge on any atom is -0.468 e. The number of ether oxygens (including phenoxy) is 2. The Kier molecular flexibility index (Phi) is 7.12. The van der Waals surface area contributed by atoms with Crippen LogP contribution in [0, 0.1) is 0 Å². The van der Waals surface area contributed by atoms with E-state index in [0.29, 0.717) is 0 Å². The Morgan fingerprint density at radius 3 is 2.40 bits per heavy atom. The van der Waals surface area contributed by atoms with Crippen molar-refractivity contribution in [2.24, 2.45) is 0 Å². The number of methoxy groups -OCH3 is 1. The maximum atomic E-state index is 12.7. The summed E-state index contributed by atoms with van der Waals surface area (Å²) in [7, 11) is -2.94. The number of rotatable bonds is 5. The molecule has 1 rings (SSSR count). The van der Waals surface area contributed by atoms with Gasteiger partial charge in [0.25, 0.3) is 0 Å². The summed E-state index contributed by atoms with van der Waals surface area (Å²) in [5, 5.41) is 0.797. The van der Waals surface area contributed by atoms with Crippen molar-refractivity contribution in [3.63, 3.8) is 0 Å². The largest absolute Gasteiger partial charge is 0.468 e. The molecule has 0 saturated heterocycles. The lowest BCUT2D eigenvalue weighted by atomic mass is 10.2. The summed E-state index contributed by atoms with van der Waals surface area (Å²) < 4.78 is 35.8. The second kappa shape index (κ2) is 8.43. The second-order valence-corrected chi connectivity index (χ2v) is 8.53. The van der Waals surface area contributed by atoms with E-state index in [1.807, 2.05) is 0 Å². The second-order valence-electron chi connectivity index (χ2n) is 6.41. The number of allylic oxidation sites excluding steroid dienone is 1. The third-order valence-corrected chi connectivity index (χ3v) is 5.32. The van der Waals surface area contributed by atoms with Crippen molar-refractivity contribution in [3.05, 3.63) is 12.2 Å². The molecule has 1 amide bonds. The lowest BCUT2D eigenvalue weighted by molar-refractivity contribution is -0.155. The summed E-state index contributed by atoms with van der Waals surface area (Å²) in [6.07, 6.45) is 3.06. The molecule has 0 aromatic rings. The number of carbonyl (C=O) groups excluding carboxylic acids is 3. The lowest BCUT2D eigenvalue weighted by Crippen LogP contribution is -2.49. The molecule has 0 spiro atoms. The van der Waals surface area contributed by atoms with E-state index in [0.717, 1.165) is 11.4 Å². The molecule has 0 aliphatic carbocycles. The van der Waals surface area contributed by atoms with E-state index >= 15 is 0 Å². The molecule has 1 atom stereocenters. The van der Waals surface area contributed by atoms with Crippen molar-refractivity contribution in [2.75, 3.05) is 26.7 Å². The number of nitrogens with zero attached hydrogens (tertiary/aromatic N) is 1. The SMILES string of the molecule is COC(=O)CNC(=O)C1CC=CCN(CC(=O)OC(C)(C)C)S1(=O)=O. The molecule has 142 valence electrons. The van der Waals surface area contributed by atoms with Crippen LogP contribution in [0.25, 0.3) is 0 Å². The van der Waals surface area contributed by atoms with Gasteiger partial charge in [0.05, 0.1) is 7.11 Å². The van der Waals surface area contributed by atoms with Crippen LogP contribution in [0.15, 0.2) is 12.2 Å². The molecular weight excluding hydrogens is 352 g/mol. The highest BCUT2D eigenvalue weighted by Crippen LogP contribution is 2.18. The van der Waals surface area contributed by atoms with E-state index in [4.69, 9.17) is 4.74 Å². The Bertz CT molecular complexity index is 649. The maximum absolute atomic E-state index is 12.7. The topological polar surface area (TPSA) is 119 Å². The number of carbonyl (C=O) groups is 3. The van der Waals surface area contributed by atoms with Gasteiger partial charge in [0.15, 0.2) is 5.25 Å². The predicted molar refractivity (Wildman–Crippen MR) is 88.9 cm³/mol. The third kappa shape index (κ3) is 6.46. The first kappa shape index (κ1) is 21.1. The normalized spacial score (nSPS) is 20.4. The minimum atomic E-state index is -4.10. The predicted octanol–water partition coefficient (Wildman–Crippen LogP) is -0.422. The highest BCUT2D eigenvalue weighted by molar-refractivity contribution is 7.90. The van der Waals surface area contributed by atoms with Crippen molar-refractivity contribution in [2.45, 2.75) is 38.0 Å². The lowest BCUT2D eigenvalue weighted by Gasteiger charge is -2.25. The van der Waals surface area contributed by atoms with Crippen LogP contribution < -0.4 is 5.32 Å². The van der Waals surface area contributed by atoms with Crippen molar-refractivity contribution in [1.82, 2.24) is 9.62 Å². The van der Waals surface area contributed by atoms with Gasteiger partial charge in [-0.2, -0.15) is 4.31 Å². The molecule has 1 aliphatic rings. The molecule has 9 nitrogen and oxygen atoms in total. The summed E-state index contributed by atoms with van der Waals surface area (Å²) in [6.45, 7) is 4.05. The number of nitrogens with one attached hydrogen (secondary N) is 1. The molecule has 25 heavy (non-hydrogen) atoms. The van der Waals surface area contributed by atoms with Crippen LogP contribution >= 0.6 is 0 Å². The summed E-state index contributed by atoms with van der Waals surface area (Å²) in [5.74, 6) is -2.23. The molecule has 0 bridgehead atoms. The zero-order valence-corrected chi connectivity index (χ0v) is 15.6. The Hall–Kier alpha value is -1.94. The standard InChI is InChI=1S/C15H24N2O7S/c1-15(2,3)24-13(19)10-17-8-6-5-7-11(25(17,21)22)14(20)16-9-12(18)23-4/h5-6,11H,7-10H2,1-4H3,(H,16,20). The van der Waals surface area contributed by atoms with Crippen LogP contribution in [0.5, 0.6) is 0 Å². The molecule has 1 N–H and O–H groups in total. The molecule has 1 heterocycles. The van der Waals surface area contributed by atoms with Crippen molar-refractivity contribution < 1.29 is 32.3 Å². The molecule has 0 aromatic carbocycles. The van der Waals surface area contributed by atoms with Crippen molar-refractivity contribution in [1.29, 1.82) is 0 Å². The van der Waals surface area contributed by atoms with Crippen LogP contribution in [0.1, 0.15) is 27.2 Å². The highest BCUT2D eigenvalue weighted by atomic mass is 32.2. The van der Waals surface area contributed by atoms with Crippen molar-refractivity contribution in [3.8, 4) is 0 Å². The average Bonchev–Trinajstić information content (AvgIpc) is 2.61. The fraction of sp³-hybridized carbons (Fsp3) is 0.667. The number of amides is 1. The van der Waals surface area contributed by atoms with Gasteiger partial charge in [0.1, 0.15) is 18.7 Å². The van der Waals surface area contributed by atoms with Gasteiger partial charge in [-0.15, -0.1) is 0 Å². The van der Waals surface area contributed by atoms with Gasteiger partial charge in [-0.1, -0.05) is 12.2 Å². The van der Waals surface area contributed by atoms with E-state index in [-0.39, 0.29) is 13.0 Å². The summed E-state index contributed by atoms with van der Waals surface area (Å²) in [6, 6.07) is 0. The van der Waals surface area contributed by atoms with Crippen LogP contribution in [0.3, 0.4) is 0 Å². The molecule has 0 saturated carbocycles. The third-order valence-electron chi connectivity index (χ3n) is 3.20. The monoisotopic (exact) mass is 376 g/mol. The molecule has 1 aliphatic heterocycles. The quantitative estimate of drug-likeness (QED) is 0.511. The number of hydrogen-bond donors (Lipinski definition) is 1. The number of esters is 2. The van der Waals surface area contributed by atoms with Gasteiger partial charge in [-0.05, 0) is 27.2 Å². The molecule has 0 fully saturated rings. The molecule has 10 heteroatoms. The smallest absolute Gasteiger partial charge is 0.325 e. The van der Waals surface area contributed by atoms with Gasteiger partial charge < -0.3 is 14.8 Å². The Labute approximate surface area is 147 Å². The minimum absolute atomic E-state index is 0.0393. The van der Waals surface area contributed by atoms with E-state index in [1.54, 1.807) is 32.9 Å². The van der Waals surface area contributed by atoms with Gasteiger partial charge in [0, 0.05) is 6.54 Å². The Balaban J connectivity index is 2.88. The van der Waals surface area contributed by atoms with Crippen LogP contribution in [-0.4, -0.2) is 68.2 Å². The fourth-order valence-corrected chi connectivity index (χ4v) is 3.72. The summed E-state index contributed by atoms with van der Waals surface area (Å²) >= 11 is 0. The van der Waals surface area contributed by atoms with E-state index in [2.05, 4.69) is 10.1 Å². The highest BCUT2D eigenvalue weighted by Gasteiger charge is 2.39. The number of sulfonamides is 1. The van der Waals surface area contributed by atoms with Gasteiger partial charge in [0.2, 0.25) is 15.9 Å². The first-order valence-electron chi connectivity index (χ1n) is 7.67. The van der Waals surface area contributed by atoms with Gasteiger partial charge in [-0.25, -0.2) is 8.42 Å². The first-order valence-corrected chi connectivity index (χ1v) is 9.18. The summed E-state index contributed by atoms with van der Waals surface area (Å²) in [5.41, 5.74) is -0.750. The first-order chi connectivity index (χ1) is 11.5. The zero-order chi connectivity index (χ0) is 19.3. The van der Waals surface area contributed by atoms with Crippen molar-refractivity contribution >= 4 is 27.9 Å².